The van der Waals surface area contributed by atoms with Gasteiger partial charge in [0.1, 0.15) is 5.82 Å². The lowest BCUT2D eigenvalue weighted by atomic mass is 10.0. The monoisotopic (exact) mass is 444 g/mol. The van der Waals surface area contributed by atoms with Crippen LogP contribution in [0.1, 0.15) is 30.5 Å². The molecule has 3 heterocycles. The van der Waals surface area contributed by atoms with Crippen LogP contribution in [0.4, 0.5) is 5.82 Å². The van der Waals surface area contributed by atoms with Gasteiger partial charge in [-0.05, 0) is 69.1 Å². The Kier molecular flexibility index (Phi) is 9.08. The number of nitrogens with one attached hydrogen (secondary N) is 2. The van der Waals surface area contributed by atoms with Crippen LogP contribution in [0.25, 0.3) is 11.1 Å². The number of carbonyl (C=O) groups excluding carboxylic acids is 1. The molecule has 7 nitrogen and oxygen atoms in total. The first-order valence-electron chi connectivity index (χ1n) is 11.2. The third-order valence-electron chi connectivity index (χ3n) is 5.14. The minimum atomic E-state index is -0.0422. The number of hydrogen-bond acceptors (Lipinski definition) is 5. The number of nitrogens with zero attached hydrogens (tertiary/aromatic N) is 4. The molecule has 33 heavy (non-hydrogen) atoms. The van der Waals surface area contributed by atoms with Gasteiger partial charge in [0.15, 0.2) is 0 Å². The Labute approximate surface area is 195 Å². The highest BCUT2D eigenvalue weighted by Gasteiger charge is 2.07. The summed E-state index contributed by atoms with van der Waals surface area (Å²) in [6.07, 6.45) is 17.1. The standard InChI is InChI=1S/C17H18N4O.C9H14N2/c1-21-12-15(11-19-21)14-7-8-16(18-10-14)20-17(22)9-13-5-3-2-4-6-13;1-8-3-4-9(7-11-8)5-6-10-2/h3,5-8,10-12H,2,4,9H2,1H3,(H,18,20,22);3-4,7,10H,5-6H2,1-2H3. The molecule has 3 aromatic rings. The number of likely N-dealkylation sites (N-methyl/N-ethyl adjacent to an activating group) is 1. The molecule has 1 aliphatic carbocycles. The molecule has 0 atom stereocenters. The van der Waals surface area contributed by atoms with Gasteiger partial charge in [0.05, 0.1) is 12.6 Å². The van der Waals surface area contributed by atoms with E-state index in [1.54, 1.807) is 17.1 Å². The Balaban J connectivity index is 0.000000235. The molecule has 0 unspecified atom stereocenters. The largest absolute Gasteiger partial charge is 0.319 e. The summed E-state index contributed by atoms with van der Waals surface area (Å²) < 4.78 is 1.75. The summed E-state index contributed by atoms with van der Waals surface area (Å²) in [7, 11) is 3.83. The maximum atomic E-state index is 12.0. The van der Waals surface area contributed by atoms with E-state index in [9.17, 15) is 4.79 Å². The smallest absolute Gasteiger partial charge is 0.229 e. The molecular formula is C26H32N6O. The van der Waals surface area contributed by atoms with Crippen molar-refractivity contribution >= 4 is 11.7 Å². The molecule has 2 N–H and O–H groups in total. The van der Waals surface area contributed by atoms with Crippen LogP contribution < -0.4 is 10.6 Å². The highest BCUT2D eigenvalue weighted by atomic mass is 16.1. The van der Waals surface area contributed by atoms with Crippen LogP contribution in [-0.2, 0) is 18.3 Å². The molecule has 172 valence electrons. The number of pyridine rings is 2. The molecule has 0 bridgehead atoms. The lowest BCUT2D eigenvalue weighted by molar-refractivity contribution is -0.115. The summed E-state index contributed by atoms with van der Waals surface area (Å²) in [5, 5.41) is 10.1. The maximum absolute atomic E-state index is 12.0. The van der Waals surface area contributed by atoms with E-state index in [4.69, 9.17) is 0 Å². The van der Waals surface area contributed by atoms with Gasteiger partial charge in [0.25, 0.3) is 0 Å². The van der Waals surface area contributed by atoms with Crippen molar-refractivity contribution in [3.63, 3.8) is 0 Å². The molecule has 0 spiro atoms. The summed E-state index contributed by atoms with van der Waals surface area (Å²) in [5.41, 5.74) is 5.42. The Bertz CT molecular complexity index is 1080. The summed E-state index contributed by atoms with van der Waals surface area (Å²) in [6.45, 7) is 3.02. The number of carbonyl (C=O) groups is 1. The predicted octanol–water partition coefficient (Wildman–Crippen LogP) is 4.24. The molecule has 1 aliphatic rings. The molecule has 0 aliphatic heterocycles. The number of hydrogen-bond donors (Lipinski definition) is 2. The summed E-state index contributed by atoms with van der Waals surface area (Å²) >= 11 is 0. The SMILES string of the molecule is CNCCc1ccc(C)nc1.Cn1cc(-c2ccc(NC(=O)CC3=CCCC=C3)nc2)cn1. The zero-order valence-corrected chi connectivity index (χ0v) is 19.6. The molecule has 1 amide bonds. The van der Waals surface area contributed by atoms with Gasteiger partial charge in [-0.15, -0.1) is 0 Å². The van der Waals surface area contributed by atoms with Crippen molar-refractivity contribution in [2.45, 2.75) is 32.6 Å². The Morgan fingerprint density at radius 3 is 2.55 bits per heavy atom. The third-order valence-corrected chi connectivity index (χ3v) is 5.14. The van der Waals surface area contributed by atoms with Crippen LogP contribution in [0, 0.1) is 6.92 Å². The molecular weight excluding hydrogens is 412 g/mol. The second-order valence-electron chi connectivity index (χ2n) is 7.98. The first kappa shape index (κ1) is 24.1. The van der Waals surface area contributed by atoms with Crippen LogP contribution in [0.5, 0.6) is 0 Å². The highest BCUT2D eigenvalue weighted by Crippen LogP contribution is 2.19. The maximum Gasteiger partial charge on any atom is 0.229 e. The van der Waals surface area contributed by atoms with Crippen LogP contribution in [-0.4, -0.2) is 39.2 Å². The Morgan fingerprint density at radius 2 is 1.94 bits per heavy atom. The summed E-state index contributed by atoms with van der Waals surface area (Å²) in [6, 6.07) is 7.91. The van der Waals surface area contributed by atoms with Gasteiger partial charge in [0, 0.05) is 42.5 Å². The number of rotatable bonds is 7. The molecule has 0 radical (unpaired) electrons. The lowest BCUT2D eigenvalue weighted by Crippen LogP contribution is -2.13. The van der Waals surface area contributed by atoms with E-state index < -0.39 is 0 Å². The van der Waals surface area contributed by atoms with E-state index in [1.165, 1.54) is 5.56 Å². The van der Waals surface area contributed by atoms with E-state index in [0.717, 1.165) is 48.2 Å². The van der Waals surface area contributed by atoms with Gasteiger partial charge >= 0.3 is 0 Å². The minimum Gasteiger partial charge on any atom is -0.319 e. The average Bonchev–Trinajstić information content (AvgIpc) is 3.26. The molecule has 0 aromatic carbocycles. The number of aromatic nitrogens is 4. The van der Waals surface area contributed by atoms with Crippen molar-refractivity contribution in [2.75, 3.05) is 18.9 Å². The first-order chi connectivity index (χ1) is 16.0. The molecule has 0 saturated carbocycles. The van der Waals surface area contributed by atoms with E-state index in [-0.39, 0.29) is 5.91 Å². The van der Waals surface area contributed by atoms with Gasteiger partial charge in [-0.1, -0.05) is 24.3 Å². The van der Waals surface area contributed by atoms with Crippen LogP contribution in [0.15, 0.2) is 72.9 Å². The van der Waals surface area contributed by atoms with Crippen LogP contribution in [0.2, 0.25) is 0 Å². The van der Waals surface area contributed by atoms with E-state index in [0.29, 0.717) is 12.2 Å². The van der Waals surface area contributed by atoms with E-state index >= 15 is 0 Å². The quantitative estimate of drug-likeness (QED) is 0.569. The van der Waals surface area contributed by atoms with Crippen molar-refractivity contribution in [1.29, 1.82) is 0 Å². The van der Waals surface area contributed by atoms with E-state index in [1.807, 2.05) is 57.7 Å². The zero-order valence-electron chi connectivity index (χ0n) is 19.6. The molecule has 0 fully saturated rings. The van der Waals surface area contributed by atoms with Crippen molar-refractivity contribution in [1.82, 2.24) is 25.1 Å². The normalized spacial score (nSPS) is 12.5. The number of anilines is 1. The van der Waals surface area contributed by atoms with Crippen LogP contribution >= 0.6 is 0 Å². The molecule has 3 aromatic heterocycles. The van der Waals surface area contributed by atoms with Gasteiger partial charge in [0.2, 0.25) is 5.91 Å². The van der Waals surface area contributed by atoms with Crippen molar-refractivity contribution < 1.29 is 4.79 Å². The predicted molar refractivity (Wildman–Crippen MR) is 133 cm³/mol. The second-order valence-corrected chi connectivity index (χ2v) is 7.98. The molecule has 7 heteroatoms. The number of aryl methyl sites for hydroxylation is 2. The lowest BCUT2D eigenvalue weighted by Gasteiger charge is -2.08. The first-order valence-corrected chi connectivity index (χ1v) is 11.2. The molecule has 4 rings (SSSR count). The number of amides is 1. The number of allylic oxidation sites excluding steroid dienone is 3. The minimum absolute atomic E-state index is 0.0422. The average molecular weight is 445 g/mol. The Hall–Kier alpha value is -3.58. The van der Waals surface area contributed by atoms with Crippen molar-refractivity contribution in [2.24, 2.45) is 7.05 Å². The van der Waals surface area contributed by atoms with Gasteiger partial charge in [-0.3, -0.25) is 14.5 Å². The fraction of sp³-hybridized carbons (Fsp3) is 0.308. The zero-order chi connectivity index (χ0) is 23.5. The van der Waals surface area contributed by atoms with Crippen LogP contribution in [0.3, 0.4) is 0 Å². The Morgan fingerprint density at radius 1 is 1.06 bits per heavy atom. The third kappa shape index (κ3) is 8.12. The van der Waals surface area contributed by atoms with Gasteiger partial charge in [-0.25, -0.2) is 4.98 Å². The van der Waals surface area contributed by atoms with Gasteiger partial charge < -0.3 is 10.6 Å². The fourth-order valence-corrected chi connectivity index (χ4v) is 3.30. The fourth-order valence-electron chi connectivity index (χ4n) is 3.30. The molecule has 0 saturated heterocycles. The summed E-state index contributed by atoms with van der Waals surface area (Å²) in [5.74, 6) is 0.525. The highest BCUT2D eigenvalue weighted by molar-refractivity contribution is 5.91. The second kappa shape index (κ2) is 12.5. The van der Waals surface area contributed by atoms with Crippen molar-refractivity contribution in [3.8, 4) is 11.1 Å². The van der Waals surface area contributed by atoms with Gasteiger partial charge in [-0.2, -0.15) is 5.10 Å². The van der Waals surface area contributed by atoms with E-state index in [2.05, 4.69) is 43.9 Å². The topological polar surface area (TPSA) is 84.7 Å². The van der Waals surface area contributed by atoms with Crippen molar-refractivity contribution in [3.05, 3.63) is 84.1 Å². The summed E-state index contributed by atoms with van der Waals surface area (Å²) in [4.78, 5) is 20.5.